The number of nitrogens with one attached hydrogen (secondary N) is 1. The van der Waals surface area contributed by atoms with Crippen molar-refractivity contribution in [2.24, 2.45) is 11.8 Å². The SMILES string of the molecule is CC(C)C(C#N)C(=O)NN1C(C)CCCC1C. The van der Waals surface area contributed by atoms with Crippen molar-refractivity contribution in [3.63, 3.8) is 0 Å². The van der Waals surface area contributed by atoms with E-state index in [-0.39, 0.29) is 11.8 Å². The van der Waals surface area contributed by atoms with E-state index in [4.69, 9.17) is 5.26 Å². The van der Waals surface area contributed by atoms with Gasteiger partial charge in [0.2, 0.25) is 0 Å². The Balaban J connectivity index is 2.63. The van der Waals surface area contributed by atoms with E-state index < -0.39 is 5.92 Å². The first-order valence-electron chi connectivity index (χ1n) is 6.45. The molecule has 1 saturated heterocycles. The van der Waals surface area contributed by atoms with Crippen LogP contribution >= 0.6 is 0 Å². The van der Waals surface area contributed by atoms with Crippen LogP contribution in [-0.4, -0.2) is 23.0 Å². The Hall–Kier alpha value is -1.08. The fourth-order valence-electron chi connectivity index (χ4n) is 2.35. The maximum atomic E-state index is 12.0. The smallest absolute Gasteiger partial charge is 0.251 e. The lowest BCUT2D eigenvalue weighted by atomic mass is 9.96. The first-order chi connectivity index (χ1) is 7.97. The second-order valence-electron chi connectivity index (χ2n) is 5.36. The van der Waals surface area contributed by atoms with Gasteiger partial charge in [-0.05, 0) is 32.6 Å². The van der Waals surface area contributed by atoms with Crippen LogP contribution < -0.4 is 5.43 Å². The van der Waals surface area contributed by atoms with Gasteiger partial charge >= 0.3 is 0 Å². The molecule has 17 heavy (non-hydrogen) atoms. The summed E-state index contributed by atoms with van der Waals surface area (Å²) in [6, 6.07) is 2.79. The second-order valence-corrected chi connectivity index (χ2v) is 5.36. The highest BCUT2D eigenvalue weighted by atomic mass is 16.2. The van der Waals surface area contributed by atoms with Gasteiger partial charge in [0.05, 0.1) is 6.07 Å². The molecule has 0 saturated carbocycles. The Morgan fingerprint density at radius 2 is 1.88 bits per heavy atom. The van der Waals surface area contributed by atoms with Crippen molar-refractivity contribution in [2.45, 2.75) is 59.0 Å². The zero-order valence-corrected chi connectivity index (χ0v) is 11.2. The molecule has 0 aromatic heterocycles. The Bertz CT molecular complexity index is 298. The Kier molecular flexibility index (Phi) is 4.95. The maximum Gasteiger partial charge on any atom is 0.251 e. The summed E-state index contributed by atoms with van der Waals surface area (Å²) in [5, 5.41) is 11.0. The fourth-order valence-corrected chi connectivity index (χ4v) is 2.35. The molecular formula is C13H23N3O. The summed E-state index contributed by atoms with van der Waals surface area (Å²) in [7, 11) is 0. The molecule has 0 spiro atoms. The molecule has 0 aromatic rings. The van der Waals surface area contributed by atoms with Gasteiger partial charge in [0, 0.05) is 12.1 Å². The molecule has 1 N–H and O–H groups in total. The topological polar surface area (TPSA) is 56.1 Å². The largest absolute Gasteiger partial charge is 0.287 e. The third-order valence-electron chi connectivity index (χ3n) is 3.52. The van der Waals surface area contributed by atoms with Crippen LogP contribution in [0.4, 0.5) is 0 Å². The molecule has 0 aromatic carbocycles. The Morgan fingerprint density at radius 1 is 1.35 bits per heavy atom. The van der Waals surface area contributed by atoms with E-state index in [0.29, 0.717) is 12.1 Å². The summed E-state index contributed by atoms with van der Waals surface area (Å²) >= 11 is 0. The van der Waals surface area contributed by atoms with Crippen molar-refractivity contribution in [3.05, 3.63) is 0 Å². The number of nitrogens with zero attached hydrogens (tertiary/aromatic N) is 2. The van der Waals surface area contributed by atoms with E-state index in [1.54, 1.807) is 0 Å². The first kappa shape index (κ1) is 14.0. The van der Waals surface area contributed by atoms with Gasteiger partial charge in [-0.15, -0.1) is 0 Å². The van der Waals surface area contributed by atoms with E-state index in [2.05, 4.69) is 25.3 Å². The average molecular weight is 237 g/mol. The predicted molar refractivity (Wildman–Crippen MR) is 66.7 cm³/mol. The van der Waals surface area contributed by atoms with Crippen LogP contribution in [0.3, 0.4) is 0 Å². The lowest BCUT2D eigenvalue weighted by Crippen LogP contribution is -2.55. The lowest BCUT2D eigenvalue weighted by Gasteiger charge is -2.39. The van der Waals surface area contributed by atoms with Crippen LogP contribution in [0, 0.1) is 23.2 Å². The maximum absolute atomic E-state index is 12.0. The number of carbonyl (C=O) groups is 1. The van der Waals surface area contributed by atoms with Crippen molar-refractivity contribution in [2.75, 3.05) is 0 Å². The number of piperidine rings is 1. The van der Waals surface area contributed by atoms with Crippen molar-refractivity contribution >= 4 is 5.91 Å². The van der Waals surface area contributed by atoms with Crippen molar-refractivity contribution in [1.82, 2.24) is 10.4 Å². The molecule has 4 nitrogen and oxygen atoms in total. The number of carbonyl (C=O) groups excluding carboxylic acids is 1. The van der Waals surface area contributed by atoms with Crippen LogP contribution in [0.5, 0.6) is 0 Å². The number of hydrazine groups is 1. The minimum Gasteiger partial charge on any atom is -0.287 e. The minimum absolute atomic E-state index is 0.0513. The molecule has 1 aliphatic heterocycles. The molecule has 0 radical (unpaired) electrons. The molecule has 3 unspecified atom stereocenters. The Morgan fingerprint density at radius 3 is 2.29 bits per heavy atom. The highest BCUT2D eigenvalue weighted by Crippen LogP contribution is 2.21. The summed E-state index contributed by atoms with van der Waals surface area (Å²) < 4.78 is 0. The zero-order chi connectivity index (χ0) is 13.0. The van der Waals surface area contributed by atoms with Gasteiger partial charge in [0.15, 0.2) is 0 Å². The highest BCUT2D eigenvalue weighted by molar-refractivity contribution is 5.80. The predicted octanol–water partition coefficient (Wildman–Crippen LogP) is 2.08. The van der Waals surface area contributed by atoms with Crippen LogP contribution in [0.2, 0.25) is 0 Å². The van der Waals surface area contributed by atoms with Crippen molar-refractivity contribution < 1.29 is 4.79 Å². The van der Waals surface area contributed by atoms with Crippen LogP contribution in [0.1, 0.15) is 47.0 Å². The molecule has 1 rings (SSSR count). The molecule has 1 fully saturated rings. The minimum atomic E-state index is -0.559. The Labute approximate surface area is 104 Å². The quantitative estimate of drug-likeness (QED) is 0.817. The zero-order valence-electron chi connectivity index (χ0n) is 11.2. The third kappa shape index (κ3) is 3.44. The summed E-state index contributed by atoms with van der Waals surface area (Å²) in [6.45, 7) is 8.03. The van der Waals surface area contributed by atoms with Crippen molar-refractivity contribution in [1.29, 1.82) is 5.26 Å². The van der Waals surface area contributed by atoms with Crippen molar-refractivity contribution in [3.8, 4) is 6.07 Å². The summed E-state index contributed by atoms with van der Waals surface area (Å²) in [5.41, 5.74) is 2.92. The van der Waals surface area contributed by atoms with Crippen LogP contribution in [0.15, 0.2) is 0 Å². The highest BCUT2D eigenvalue weighted by Gasteiger charge is 2.29. The standard InChI is InChI=1S/C13H23N3O/c1-9(2)12(8-14)13(17)15-16-10(3)6-5-7-11(16)4/h9-12H,5-7H2,1-4H3,(H,15,17). The fraction of sp³-hybridized carbons (Fsp3) is 0.846. The number of nitriles is 1. The normalized spacial score (nSPS) is 27.5. The van der Waals surface area contributed by atoms with Gasteiger partial charge in [0.1, 0.15) is 5.92 Å². The van der Waals surface area contributed by atoms with E-state index in [9.17, 15) is 4.79 Å². The van der Waals surface area contributed by atoms with E-state index >= 15 is 0 Å². The average Bonchev–Trinajstić information content (AvgIpc) is 2.24. The molecule has 3 atom stereocenters. The number of amides is 1. The van der Waals surface area contributed by atoms with Crippen LogP contribution in [-0.2, 0) is 4.79 Å². The van der Waals surface area contributed by atoms with Gasteiger partial charge < -0.3 is 0 Å². The number of rotatable bonds is 3. The van der Waals surface area contributed by atoms with E-state index in [0.717, 1.165) is 12.8 Å². The van der Waals surface area contributed by atoms with Gasteiger partial charge in [-0.3, -0.25) is 10.2 Å². The summed E-state index contributed by atoms with van der Waals surface area (Å²) in [4.78, 5) is 12.0. The molecule has 0 aliphatic carbocycles. The second kappa shape index (κ2) is 6.02. The molecule has 1 aliphatic rings. The van der Waals surface area contributed by atoms with E-state index in [1.165, 1.54) is 6.42 Å². The molecule has 1 heterocycles. The van der Waals surface area contributed by atoms with Gasteiger partial charge in [-0.25, -0.2) is 5.01 Å². The van der Waals surface area contributed by atoms with Crippen LogP contribution in [0.25, 0.3) is 0 Å². The summed E-state index contributed by atoms with van der Waals surface area (Å²) in [6.07, 6.45) is 3.41. The molecular weight excluding hydrogens is 214 g/mol. The first-order valence-corrected chi connectivity index (χ1v) is 6.45. The number of hydrogen-bond acceptors (Lipinski definition) is 3. The van der Waals surface area contributed by atoms with Gasteiger partial charge in [-0.1, -0.05) is 20.3 Å². The third-order valence-corrected chi connectivity index (χ3v) is 3.52. The van der Waals surface area contributed by atoms with Gasteiger partial charge in [-0.2, -0.15) is 5.26 Å². The molecule has 0 bridgehead atoms. The molecule has 96 valence electrons. The van der Waals surface area contributed by atoms with Gasteiger partial charge in [0.25, 0.3) is 5.91 Å². The number of hydrogen-bond donors (Lipinski definition) is 1. The molecule has 1 amide bonds. The lowest BCUT2D eigenvalue weighted by molar-refractivity contribution is -0.132. The van der Waals surface area contributed by atoms with E-state index in [1.807, 2.05) is 18.9 Å². The molecule has 4 heteroatoms. The summed E-state index contributed by atoms with van der Waals surface area (Å²) in [5.74, 6) is -0.671. The monoisotopic (exact) mass is 237 g/mol.